The smallest absolute Gasteiger partial charge is 0.255 e. The number of halogens is 2. The van der Waals surface area contributed by atoms with Gasteiger partial charge in [0.25, 0.3) is 5.91 Å². The van der Waals surface area contributed by atoms with E-state index in [0.29, 0.717) is 16.6 Å². The molecule has 2 nitrogen and oxygen atoms in total. The number of carbonyl (C=O) groups excluding carboxylic acids is 1. The molecule has 0 bridgehead atoms. The lowest BCUT2D eigenvalue weighted by Gasteiger charge is -2.34. The van der Waals surface area contributed by atoms with Gasteiger partial charge in [0.15, 0.2) is 0 Å². The summed E-state index contributed by atoms with van der Waals surface area (Å²) in [5.74, 6) is 0.0707. The molecule has 0 radical (unpaired) electrons. The van der Waals surface area contributed by atoms with Gasteiger partial charge in [0.1, 0.15) is 0 Å². The number of benzene rings is 1. The Labute approximate surface area is 134 Å². The zero-order valence-electron chi connectivity index (χ0n) is 11.9. The molecular formula is C16H21BrClNO. The Morgan fingerprint density at radius 2 is 2.05 bits per heavy atom. The maximum absolute atomic E-state index is 12.8. The van der Waals surface area contributed by atoms with Crippen molar-refractivity contribution in [2.24, 2.45) is 0 Å². The molecule has 2 rings (SSSR count). The van der Waals surface area contributed by atoms with Gasteiger partial charge in [-0.15, -0.1) is 0 Å². The molecule has 1 fully saturated rings. The van der Waals surface area contributed by atoms with Gasteiger partial charge in [0.05, 0.1) is 10.6 Å². The molecule has 0 atom stereocenters. The molecule has 1 aromatic rings. The van der Waals surface area contributed by atoms with Crippen LogP contribution in [-0.2, 0) is 0 Å². The third-order valence-electron chi connectivity index (χ3n) is 3.96. The van der Waals surface area contributed by atoms with Gasteiger partial charge >= 0.3 is 0 Å². The lowest BCUT2D eigenvalue weighted by molar-refractivity contribution is 0.0651. The number of alkyl halides is 1. The van der Waals surface area contributed by atoms with Crippen LogP contribution in [-0.4, -0.2) is 28.7 Å². The summed E-state index contributed by atoms with van der Waals surface area (Å²) in [4.78, 5) is 14.8. The summed E-state index contributed by atoms with van der Waals surface area (Å²) in [5, 5.41) is 1.36. The largest absolute Gasteiger partial charge is 0.335 e. The molecule has 0 heterocycles. The maximum Gasteiger partial charge on any atom is 0.255 e. The monoisotopic (exact) mass is 357 g/mol. The molecule has 1 aromatic carbocycles. The second kappa shape index (κ2) is 7.46. The van der Waals surface area contributed by atoms with Crippen LogP contribution in [0.3, 0.4) is 0 Å². The van der Waals surface area contributed by atoms with Gasteiger partial charge in [-0.05, 0) is 37.5 Å². The first-order chi connectivity index (χ1) is 9.63. The summed E-state index contributed by atoms with van der Waals surface area (Å²) in [7, 11) is 0. The fourth-order valence-electron chi connectivity index (χ4n) is 2.88. The van der Waals surface area contributed by atoms with E-state index >= 15 is 0 Å². The first kappa shape index (κ1) is 15.8. The predicted molar refractivity (Wildman–Crippen MR) is 87.9 cm³/mol. The molecule has 110 valence electrons. The fourth-order valence-corrected chi connectivity index (χ4v) is 3.58. The molecule has 1 aliphatic carbocycles. The second-order valence-electron chi connectivity index (χ2n) is 5.46. The van der Waals surface area contributed by atoms with Crippen molar-refractivity contribution in [2.45, 2.75) is 45.1 Å². The van der Waals surface area contributed by atoms with Crippen LogP contribution in [0, 0.1) is 6.92 Å². The van der Waals surface area contributed by atoms with E-state index in [0.717, 1.165) is 30.3 Å². The van der Waals surface area contributed by atoms with E-state index in [1.165, 1.54) is 19.3 Å². The van der Waals surface area contributed by atoms with E-state index in [4.69, 9.17) is 11.6 Å². The van der Waals surface area contributed by atoms with E-state index in [9.17, 15) is 4.79 Å². The Kier molecular flexibility index (Phi) is 5.91. The Morgan fingerprint density at radius 3 is 2.65 bits per heavy atom. The normalized spacial score (nSPS) is 16.1. The molecular weight excluding hydrogens is 338 g/mol. The number of rotatable bonds is 4. The molecule has 20 heavy (non-hydrogen) atoms. The standard InChI is InChI=1S/C16H21BrClNO/c1-12-7-8-14(15(18)11-12)16(20)19(10-9-17)13-5-3-2-4-6-13/h7-8,11,13H,2-6,9-10H2,1H3. The number of carbonyl (C=O) groups is 1. The van der Waals surface area contributed by atoms with Crippen molar-refractivity contribution < 1.29 is 4.79 Å². The van der Waals surface area contributed by atoms with Crippen molar-refractivity contribution in [2.75, 3.05) is 11.9 Å². The first-order valence-corrected chi connectivity index (χ1v) is 8.76. The van der Waals surface area contributed by atoms with Crippen molar-refractivity contribution in [1.82, 2.24) is 4.90 Å². The van der Waals surface area contributed by atoms with Crippen LogP contribution in [0.2, 0.25) is 5.02 Å². The van der Waals surface area contributed by atoms with Crippen molar-refractivity contribution in [3.8, 4) is 0 Å². The van der Waals surface area contributed by atoms with E-state index in [1.807, 2.05) is 30.0 Å². The number of hydrogen-bond donors (Lipinski definition) is 0. The van der Waals surface area contributed by atoms with Gasteiger partial charge in [-0.2, -0.15) is 0 Å². The molecule has 1 saturated carbocycles. The average Bonchev–Trinajstić information content (AvgIpc) is 2.45. The van der Waals surface area contributed by atoms with Crippen molar-refractivity contribution in [1.29, 1.82) is 0 Å². The second-order valence-corrected chi connectivity index (χ2v) is 6.66. The van der Waals surface area contributed by atoms with Crippen molar-refractivity contribution in [3.63, 3.8) is 0 Å². The van der Waals surface area contributed by atoms with Crippen LogP contribution >= 0.6 is 27.5 Å². The third kappa shape index (κ3) is 3.76. The maximum atomic E-state index is 12.8. The molecule has 0 unspecified atom stereocenters. The van der Waals surface area contributed by atoms with Gasteiger partial charge in [-0.25, -0.2) is 0 Å². The third-order valence-corrected chi connectivity index (χ3v) is 4.62. The lowest BCUT2D eigenvalue weighted by atomic mass is 9.93. The minimum Gasteiger partial charge on any atom is -0.335 e. The SMILES string of the molecule is Cc1ccc(C(=O)N(CCBr)C2CCCCC2)c(Cl)c1. The average molecular weight is 359 g/mol. The first-order valence-electron chi connectivity index (χ1n) is 7.26. The molecule has 1 aliphatic rings. The fraction of sp³-hybridized carbons (Fsp3) is 0.562. The van der Waals surface area contributed by atoms with Crippen molar-refractivity contribution in [3.05, 3.63) is 34.3 Å². The van der Waals surface area contributed by atoms with E-state index < -0.39 is 0 Å². The van der Waals surface area contributed by atoms with Gasteiger partial charge in [-0.3, -0.25) is 4.79 Å². The predicted octanol–water partition coefficient (Wildman–Crippen LogP) is 4.82. The highest BCUT2D eigenvalue weighted by Crippen LogP contribution is 2.26. The molecule has 0 spiro atoms. The van der Waals surface area contributed by atoms with Gasteiger partial charge in [0, 0.05) is 17.9 Å². The molecule has 0 aromatic heterocycles. The summed E-state index contributed by atoms with van der Waals surface area (Å²) in [5.41, 5.74) is 1.71. The molecule has 4 heteroatoms. The Bertz CT molecular complexity index is 472. The summed E-state index contributed by atoms with van der Waals surface area (Å²) in [6.45, 7) is 2.73. The number of aryl methyl sites for hydroxylation is 1. The highest BCUT2D eigenvalue weighted by atomic mass is 79.9. The van der Waals surface area contributed by atoms with Crippen LogP contribution in [0.25, 0.3) is 0 Å². The highest BCUT2D eigenvalue weighted by Gasteiger charge is 2.26. The summed E-state index contributed by atoms with van der Waals surface area (Å²) in [6, 6.07) is 6.03. The lowest BCUT2D eigenvalue weighted by Crippen LogP contribution is -2.42. The van der Waals surface area contributed by atoms with E-state index in [1.54, 1.807) is 0 Å². The zero-order chi connectivity index (χ0) is 14.5. The number of hydrogen-bond acceptors (Lipinski definition) is 1. The zero-order valence-corrected chi connectivity index (χ0v) is 14.2. The Morgan fingerprint density at radius 1 is 1.35 bits per heavy atom. The van der Waals surface area contributed by atoms with Gasteiger partial charge < -0.3 is 4.90 Å². The van der Waals surface area contributed by atoms with Gasteiger partial charge in [0.2, 0.25) is 0 Å². The van der Waals surface area contributed by atoms with E-state index in [-0.39, 0.29) is 5.91 Å². The van der Waals surface area contributed by atoms with Gasteiger partial charge in [-0.1, -0.05) is 52.9 Å². The minimum atomic E-state index is 0.0707. The number of nitrogens with zero attached hydrogens (tertiary/aromatic N) is 1. The summed E-state index contributed by atoms with van der Waals surface area (Å²) < 4.78 is 0. The quantitative estimate of drug-likeness (QED) is 0.707. The topological polar surface area (TPSA) is 20.3 Å². The Balaban J connectivity index is 2.21. The minimum absolute atomic E-state index is 0.0707. The van der Waals surface area contributed by atoms with Crippen molar-refractivity contribution >= 4 is 33.4 Å². The van der Waals surface area contributed by atoms with Crippen LogP contribution in [0.4, 0.5) is 0 Å². The van der Waals surface area contributed by atoms with Crippen LogP contribution in [0.5, 0.6) is 0 Å². The molecule has 1 amide bonds. The van der Waals surface area contributed by atoms with E-state index in [2.05, 4.69) is 15.9 Å². The number of amides is 1. The molecule has 0 aliphatic heterocycles. The summed E-state index contributed by atoms with van der Waals surface area (Å²) >= 11 is 9.71. The van der Waals surface area contributed by atoms with Crippen LogP contribution in [0.1, 0.15) is 48.0 Å². The van der Waals surface area contributed by atoms with Crippen LogP contribution < -0.4 is 0 Å². The van der Waals surface area contributed by atoms with Crippen LogP contribution in [0.15, 0.2) is 18.2 Å². The Hall–Kier alpha value is -0.540. The highest BCUT2D eigenvalue weighted by molar-refractivity contribution is 9.09. The summed E-state index contributed by atoms with van der Waals surface area (Å²) in [6.07, 6.45) is 5.96. The molecule has 0 saturated heterocycles. The molecule has 0 N–H and O–H groups in total.